The molecule has 0 aliphatic heterocycles. The Balaban J connectivity index is 2.77. The van der Waals surface area contributed by atoms with Gasteiger partial charge in [-0.05, 0) is 24.3 Å². The van der Waals surface area contributed by atoms with Crippen LogP contribution in [-0.4, -0.2) is 18.1 Å². The molecule has 0 bridgehead atoms. The van der Waals surface area contributed by atoms with Gasteiger partial charge in [0.1, 0.15) is 0 Å². The highest BCUT2D eigenvalue weighted by Crippen LogP contribution is 2.40. The van der Waals surface area contributed by atoms with Crippen molar-refractivity contribution in [3.8, 4) is 11.1 Å². The zero-order valence-electron chi connectivity index (χ0n) is 10.1. The standard InChI is InChI=1S/C13H7Cl3FNO2/c1-20-13(19)12-6(2-5-9(17)18-12)10-7(14)3-4-8(15)11(10)16/h2-5H,1H3. The Bertz CT molecular complexity index is 692. The summed E-state index contributed by atoms with van der Waals surface area (Å²) in [6.45, 7) is 0. The molecule has 2 rings (SSSR count). The van der Waals surface area contributed by atoms with E-state index in [1.54, 1.807) is 0 Å². The fourth-order valence-corrected chi connectivity index (χ4v) is 2.40. The monoisotopic (exact) mass is 333 g/mol. The number of ether oxygens (including phenoxy) is 1. The van der Waals surface area contributed by atoms with Gasteiger partial charge in [0.2, 0.25) is 5.95 Å². The Labute approximate surface area is 129 Å². The summed E-state index contributed by atoms with van der Waals surface area (Å²) in [5.74, 6) is -1.62. The molecule has 0 fully saturated rings. The third-order valence-corrected chi connectivity index (χ3v) is 3.67. The number of methoxy groups -OCH3 is 1. The fourth-order valence-electron chi connectivity index (χ4n) is 1.66. The lowest BCUT2D eigenvalue weighted by Crippen LogP contribution is -2.08. The lowest BCUT2D eigenvalue weighted by atomic mass is 10.0. The number of rotatable bonds is 2. The van der Waals surface area contributed by atoms with E-state index in [0.29, 0.717) is 5.56 Å². The number of nitrogens with zero attached hydrogens (tertiary/aromatic N) is 1. The van der Waals surface area contributed by atoms with Gasteiger partial charge in [0.15, 0.2) is 5.69 Å². The summed E-state index contributed by atoms with van der Waals surface area (Å²) in [4.78, 5) is 15.2. The normalized spacial score (nSPS) is 10.4. The zero-order valence-corrected chi connectivity index (χ0v) is 12.4. The lowest BCUT2D eigenvalue weighted by molar-refractivity contribution is 0.0593. The van der Waals surface area contributed by atoms with Crippen molar-refractivity contribution >= 4 is 40.8 Å². The Morgan fingerprint density at radius 1 is 1.15 bits per heavy atom. The molecule has 1 heterocycles. The van der Waals surface area contributed by atoms with E-state index in [1.165, 1.54) is 25.3 Å². The molecule has 1 aromatic carbocycles. The predicted molar refractivity (Wildman–Crippen MR) is 76.0 cm³/mol. The summed E-state index contributed by atoms with van der Waals surface area (Å²) < 4.78 is 17.8. The van der Waals surface area contributed by atoms with Crippen molar-refractivity contribution in [3.05, 3.63) is 51.0 Å². The van der Waals surface area contributed by atoms with Gasteiger partial charge >= 0.3 is 5.97 Å². The van der Waals surface area contributed by atoms with E-state index in [9.17, 15) is 9.18 Å². The summed E-state index contributed by atoms with van der Waals surface area (Å²) in [6, 6.07) is 5.48. The Morgan fingerprint density at radius 3 is 2.45 bits per heavy atom. The van der Waals surface area contributed by atoms with Crippen molar-refractivity contribution in [3.63, 3.8) is 0 Å². The average molecular weight is 335 g/mol. The van der Waals surface area contributed by atoms with Crippen molar-refractivity contribution < 1.29 is 13.9 Å². The molecule has 3 nitrogen and oxygen atoms in total. The number of hydrogen-bond acceptors (Lipinski definition) is 3. The minimum atomic E-state index is -0.816. The van der Waals surface area contributed by atoms with Crippen molar-refractivity contribution in [2.45, 2.75) is 0 Å². The lowest BCUT2D eigenvalue weighted by Gasteiger charge is -2.11. The first-order valence-electron chi connectivity index (χ1n) is 5.34. The average Bonchev–Trinajstić information content (AvgIpc) is 2.44. The quantitative estimate of drug-likeness (QED) is 0.456. The first-order chi connectivity index (χ1) is 9.45. The van der Waals surface area contributed by atoms with Crippen LogP contribution >= 0.6 is 34.8 Å². The van der Waals surface area contributed by atoms with E-state index in [4.69, 9.17) is 34.8 Å². The topological polar surface area (TPSA) is 39.2 Å². The molecule has 0 amide bonds. The van der Waals surface area contributed by atoms with E-state index in [0.717, 1.165) is 6.07 Å². The Morgan fingerprint density at radius 2 is 1.80 bits per heavy atom. The summed E-state index contributed by atoms with van der Waals surface area (Å²) in [7, 11) is 1.17. The molecule has 1 aromatic heterocycles. The molecule has 0 atom stereocenters. The van der Waals surface area contributed by atoms with Crippen molar-refractivity contribution in [1.29, 1.82) is 0 Å². The van der Waals surface area contributed by atoms with E-state index >= 15 is 0 Å². The largest absolute Gasteiger partial charge is 0.464 e. The van der Waals surface area contributed by atoms with Crippen molar-refractivity contribution in [1.82, 2.24) is 4.98 Å². The highest BCUT2D eigenvalue weighted by atomic mass is 35.5. The smallest absolute Gasteiger partial charge is 0.357 e. The molecule has 7 heteroatoms. The molecule has 0 unspecified atom stereocenters. The van der Waals surface area contributed by atoms with Crippen LogP contribution in [0.1, 0.15) is 10.5 Å². The van der Waals surface area contributed by atoms with Crippen LogP contribution < -0.4 is 0 Å². The number of hydrogen-bond donors (Lipinski definition) is 0. The summed E-state index contributed by atoms with van der Waals surface area (Å²) in [5, 5.41) is 0.668. The number of carbonyl (C=O) groups excluding carboxylic acids is 1. The van der Waals surface area contributed by atoms with Crippen LogP contribution in [0.5, 0.6) is 0 Å². The van der Waals surface area contributed by atoms with Crippen LogP contribution in [0.2, 0.25) is 15.1 Å². The van der Waals surface area contributed by atoms with Crippen LogP contribution in [0.15, 0.2) is 24.3 Å². The number of benzene rings is 1. The minimum Gasteiger partial charge on any atom is -0.464 e. The molecule has 104 valence electrons. The van der Waals surface area contributed by atoms with Gasteiger partial charge in [-0.15, -0.1) is 0 Å². The van der Waals surface area contributed by atoms with Gasteiger partial charge in [0.05, 0.1) is 22.2 Å². The number of carbonyl (C=O) groups is 1. The van der Waals surface area contributed by atoms with Crippen LogP contribution in [0.3, 0.4) is 0 Å². The van der Waals surface area contributed by atoms with Gasteiger partial charge in [0.25, 0.3) is 0 Å². The minimum absolute atomic E-state index is 0.151. The first-order valence-corrected chi connectivity index (χ1v) is 6.47. The van der Waals surface area contributed by atoms with Crippen molar-refractivity contribution in [2.75, 3.05) is 7.11 Å². The molecule has 2 aromatic rings. The predicted octanol–water partition coefficient (Wildman–Crippen LogP) is 4.63. The summed E-state index contributed by atoms with van der Waals surface area (Å²) >= 11 is 18.1. The summed E-state index contributed by atoms with van der Waals surface area (Å²) in [6.07, 6.45) is 0. The molecule has 0 aliphatic rings. The number of halogens is 4. The molecule has 0 saturated carbocycles. The summed E-state index contributed by atoms with van der Waals surface area (Å²) in [5.41, 5.74) is 0.322. The van der Waals surface area contributed by atoms with E-state index < -0.39 is 11.9 Å². The molecule has 0 spiro atoms. The maximum Gasteiger partial charge on any atom is 0.357 e. The molecular formula is C13H7Cl3FNO2. The highest BCUT2D eigenvalue weighted by molar-refractivity contribution is 6.46. The maximum atomic E-state index is 13.2. The number of esters is 1. The molecular weight excluding hydrogens is 328 g/mol. The van der Waals surface area contributed by atoms with Gasteiger partial charge < -0.3 is 4.74 Å². The van der Waals surface area contributed by atoms with Gasteiger partial charge in [-0.25, -0.2) is 9.78 Å². The second-order valence-corrected chi connectivity index (χ2v) is 4.93. The fraction of sp³-hybridized carbons (Fsp3) is 0.0769. The second-order valence-electron chi connectivity index (χ2n) is 3.74. The SMILES string of the molecule is COC(=O)c1nc(F)ccc1-c1c(Cl)ccc(Cl)c1Cl. The van der Waals surface area contributed by atoms with Crippen LogP contribution in [0.25, 0.3) is 11.1 Å². The molecule has 0 aliphatic carbocycles. The van der Waals surface area contributed by atoms with E-state index in [2.05, 4.69) is 9.72 Å². The third-order valence-electron chi connectivity index (χ3n) is 2.55. The van der Waals surface area contributed by atoms with Crippen LogP contribution in [-0.2, 0) is 4.74 Å². The zero-order chi connectivity index (χ0) is 14.9. The molecule has 0 saturated heterocycles. The molecule has 0 radical (unpaired) electrons. The van der Waals surface area contributed by atoms with Gasteiger partial charge in [0, 0.05) is 11.1 Å². The third kappa shape index (κ3) is 2.73. The van der Waals surface area contributed by atoms with E-state index in [-0.39, 0.29) is 26.3 Å². The van der Waals surface area contributed by atoms with Gasteiger partial charge in [-0.2, -0.15) is 4.39 Å². The van der Waals surface area contributed by atoms with Crippen LogP contribution in [0.4, 0.5) is 4.39 Å². The van der Waals surface area contributed by atoms with Crippen molar-refractivity contribution in [2.24, 2.45) is 0 Å². The molecule has 0 N–H and O–H groups in total. The van der Waals surface area contributed by atoms with E-state index in [1.807, 2.05) is 0 Å². The Kier molecular flexibility index (Phi) is 4.48. The maximum absolute atomic E-state index is 13.2. The highest BCUT2D eigenvalue weighted by Gasteiger charge is 2.21. The Hall–Kier alpha value is -1.36. The number of aromatic nitrogens is 1. The molecule has 20 heavy (non-hydrogen) atoms. The second kappa shape index (κ2) is 5.95. The first kappa shape index (κ1) is 15.0. The number of pyridine rings is 1. The van der Waals surface area contributed by atoms with Crippen LogP contribution in [0, 0.1) is 5.95 Å². The van der Waals surface area contributed by atoms with Gasteiger partial charge in [-0.1, -0.05) is 34.8 Å². The van der Waals surface area contributed by atoms with Gasteiger partial charge in [-0.3, -0.25) is 0 Å².